The first kappa shape index (κ1) is 26.1. The number of alkyl halides is 3. The first-order valence-corrected chi connectivity index (χ1v) is 13.3. The summed E-state index contributed by atoms with van der Waals surface area (Å²) in [5.41, 5.74) is 7.12. The smallest absolute Gasteiger partial charge is 0.406 e. The van der Waals surface area contributed by atoms with Crippen molar-refractivity contribution < 1.29 is 22.6 Å². The summed E-state index contributed by atoms with van der Waals surface area (Å²) in [4.78, 5) is 13.8. The van der Waals surface area contributed by atoms with E-state index in [0.717, 1.165) is 58.1 Å². The van der Waals surface area contributed by atoms with Crippen molar-refractivity contribution >= 4 is 11.5 Å². The number of hydrogen-bond donors (Lipinski definition) is 0. The molecule has 4 aromatic rings. The Hall–Kier alpha value is -4.11. The number of anilines is 2. The second-order valence-corrected chi connectivity index (χ2v) is 10.3. The quantitative estimate of drug-likeness (QED) is 0.273. The van der Waals surface area contributed by atoms with Crippen LogP contribution in [0.5, 0.6) is 5.75 Å². The van der Waals surface area contributed by atoms with Gasteiger partial charge in [0.1, 0.15) is 17.9 Å². The van der Waals surface area contributed by atoms with Crippen molar-refractivity contribution in [2.24, 2.45) is 0 Å². The van der Waals surface area contributed by atoms with Gasteiger partial charge < -0.3 is 19.3 Å². The molecule has 6 nitrogen and oxygen atoms in total. The number of fused-ring (bicyclic) bond motifs is 1. The SMILES string of the molecule is C[C@@H]1CN(c2ccccc2-c2cc(N3Cc4cccc(-c5ccc(OC(F)(F)F)cc5)c4C3)ncn2)C[C@H](C)O1. The molecule has 3 aromatic carbocycles. The van der Waals surface area contributed by atoms with Crippen molar-refractivity contribution in [3.63, 3.8) is 0 Å². The predicted molar refractivity (Wildman–Crippen MR) is 148 cm³/mol. The van der Waals surface area contributed by atoms with E-state index >= 15 is 0 Å². The third kappa shape index (κ3) is 5.47. The van der Waals surface area contributed by atoms with Gasteiger partial charge in [-0.05, 0) is 54.3 Å². The molecule has 0 unspecified atom stereocenters. The molecule has 0 bridgehead atoms. The average molecular weight is 547 g/mol. The lowest BCUT2D eigenvalue weighted by Gasteiger charge is -2.37. The molecule has 2 aliphatic rings. The van der Waals surface area contributed by atoms with Crippen LogP contribution in [-0.2, 0) is 17.8 Å². The highest BCUT2D eigenvalue weighted by molar-refractivity contribution is 5.78. The average Bonchev–Trinajstić information content (AvgIpc) is 3.37. The Morgan fingerprint density at radius 2 is 1.55 bits per heavy atom. The van der Waals surface area contributed by atoms with E-state index < -0.39 is 6.36 Å². The van der Waals surface area contributed by atoms with Gasteiger partial charge >= 0.3 is 6.36 Å². The van der Waals surface area contributed by atoms with Gasteiger partial charge in [-0.3, -0.25) is 0 Å². The topological polar surface area (TPSA) is 50.7 Å². The fourth-order valence-electron chi connectivity index (χ4n) is 5.70. The Morgan fingerprint density at radius 3 is 2.30 bits per heavy atom. The van der Waals surface area contributed by atoms with E-state index in [1.807, 2.05) is 30.3 Å². The molecule has 206 valence electrons. The molecule has 0 radical (unpaired) electrons. The Morgan fingerprint density at radius 1 is 0.825 bits per heavy atom. The number of aromatic nitrogens is 2. The van der Waals surface area contributed by atoms with Gasteiger partial charge in [0.2, 0.25) is 0 Å². The molecule has 1 fully saturated rings. The number of rotatable bonds is 5. The molecule has 9 heteroatoms. The van der Waals surface area contributed by atoms with Crippen molar-refractivity contribution in [2.45, 2.75) is 45.5 Å². The maximum Gasteiger partial charge on any atom is 0.573 e. The van der Waals surface area contributed by atoms with Crippen LogP contribution < -0.4 is 14.5 Å². The predicted octanol–water partition coefficient (Wildman–Crippen LogP) is 6.84. The van der Waals surface area contributed by atoms with Crippen molar-refractivity contribution in [3.8, 4) is 28.1 Å². The summed E-state index contributed by atoms with van der Waals surface area (Å²) in [7, 11) is 0. The highest BCUT2D eigenvalue weighted by Crippen LogP contribution is 2.37. The maximum atomic E-state index is 12.6. The van der Waals surface area contributed by atoms with E-state index in [1.165, 1.54) is 12.1 Å². The van der Waals surface area contributed by atoms with E-state index in [2.05, 4.69) is 56.6 Å². The minimum Gasteiger partial charge on any atom is -0.406 e. The number of para-hydroxylation sites is 1. The number of halogens is 3. The van der Waals surface area contributed by atoms with Crippen molar-refractivity contribution in [2.75, 3.05) is 22.9 Å². The summed E-state index contributed by atoms with van der Waals surface area (Å²) < 4.78 is 47.7. The highest BCUT2D eigenvalue weighted by Gasteiger charge is 2.31. The molecule has 3 heterocycles. The van der Waals surface area contributed by atoms with Gasteiger partial charge in [0.25, 0.3) is 0 Å². The van der Waals surface area contributed by atoms with Crippen LogP contribution in [0.15, 0.2) is 79.1 Å². The zero-order valence-corrected chi connectivity index (χ0v) is 22.2. The molecule has 6 rings (SSSR count). The van der Waals surface area contributed by atoms with Crippen LogP contribution in [0.25, 0.3) is 22.4 Å². The number of nitrogens with zero attached hydrogens (tertiary/aromatic N) is 4. The lowest BCUT2D eigenvalue weighted by molar-refractivity contribution is -0.274. The van der Waals surface area contributed by atoms with Gasteiger partial charge in [0.05, 0.1) is 17.9 Å². The fourth-order valence-corrected chi connectivity index (χ4v) is 5.70. The summed E-state index contributed by atoms with van der Waals surface area (Å²) in [6.07, 6.45) is -2.83. The van der Waals surface area contributed by atoms with Crippen molar-refractivity contribution in [1.29, 1.82) is 0 Å². The molecule has 2 atom stereocenters. The molecule has 0 N–H and O–H groups in total. The summed E-state index contributed by atoms with van der Waals surface area (Å²) in [6, 6.07) is 22.4. The van der Waals surface area contributed by atoms with E-state index in [9.17, 15) is 13.2 Å². The van der Waals surface area contributed by atoms with E-state index in [-0.39, 0.29) is 18.0 Å². The normalized spacial score (nSPS) is 19.0. The second-order valence-electron chi connectivity index (χ2n) is 10.3. The molecule has 0 aliphatic carbocycles. The number of hydrogen-bond acceptors (Lipinski definition) is 6. The van der Waals surface area contributed by atoms with Crippen LogP contribution in [0.4, 0.5) is 24.7 Å². The molecule has 1 saturated heterocycles. The van der Waals surface area contributed by atoms with Crippen LogP contribution in [0.1, 0.15) is 25.0 Å². The first-order chi connectivity index (χ1) is 19.2. The van der Waals surface area contributed by atoms with Crippen LogP contribution in [0, 0.1) is 0 Å². The summed E-state index contributed by atoms with van der Waals surface area (Å²) >= 11 is 0. The summed E-state index contributed by atoms with van der Waals surface area (Å²) in [5, 5.41) is 0. The van der Waals surface area contributed by atoms with Crippen LogP contribution in [0.3, 0.4) is 0 Å². The van der Waals surface area contributed by atoms with E-state index in [4.69, 9.17) is 4.74 Å². The largest absolute Gasteiger partial charge is 0.573 e. The van der Waals surface area contributed by atoms with Crippen molar-refractivity contribution in [1.82, 2.24) is 9.97 Å². The molecular weight excluding hydrogens is 517 g/mol. The Kier molecular flexibility index (Phi) is 6.83. The van der Waals surface area contributed by atoms with Gasteiger partial charge in [-0.15, -0.1) is 13.2 Å². The van der Waals surface area contributed by atoms with Crippen LogP contribution in [-0.4, -0.2) is 41.6 Å². The number of ether oxygens (including phenoxy) is 2. The van der Waals surface area contributed by atoms with E-state index in [1.54, 1.807) is 18.5 Å². The van der Waals surface area contributed by atoms with Gasteiger partial charge in [-0.25, -0.2) is 9.97 Å². The summed E-state index contributed by atoms with van der Waals surface area (Å²) in [6.45, 7) is 7.12. The molecule has 0 spiro atoms. The second kappa shape index (κ2) is 10.5. The lowest BCUT2D eigenvalue weighted by atomic mass is 9.97. The van der Waals surface area contributed by atoms with Gasteiger partial charge in [-0.1, -0.05) is 48.5 Å². The Balaban J connectivity index is 1.26. The Bertz CT molecular complexity index is 1500. The number of benzene rings is 3. The zero-order chi connectivity index (χ0) is 27.9. The molecule has 1 aromatic heterocycles. The van der Waals surface area contributed by atoms with Gasteiger partial charge in [0, 0.05) is 43.5 Å². The van der Waals surface area contributed by atoms with Crippen molar-refractivity contribution in [3.05, 3.63) is 90.3 Å². The maximum absolute atomic E-state index is 12.6. The summed E-state index contributed by atoms with van der Waals surface area (Å²) in [5.74, 6) is 0.583. The monoisotopic (exact) mass is 546 g/mol. The van der Waals surface area contributed by atoms with Gasteiger partial charge in [0.15, 0.2) is 0 Å². The lowest BCUT2D eigenvalue weighted by Crippen LogP contribution is -2.45. The van der Waals surface area contributed by atoms with Crippen LogP contribution >= 0.6 is 0 Å². The Labute approximate surface area is 231 Å². The molecule has 2 aliphatic heterocycles. The molecule has 40 heavy (non-hydrogen) atoms. The minimum atomic E-state index is -4.72. The standard InChI is InChI=1S/C31H29F3N4O2/c1-20-15-37(16-21(2)39-20)29-9-4-3-7-26(29)28-14-30(36-19-35-28)38-17-23-6-5-8-25(27(23)18-38)22-10-12-24(13-11-22)40-31(32,33)34/h3-14,19-21H,15-18H2,1-2H3/t20-,21+. The zero-order valence-electron chi connectivity index (χ0n) is 22.2. The third-order valence-electron chi connectivity index (χ3n) is 7.30. The fraction of sp³-hybridized carbons (Fsp3) is 0.290. The third-order valence-corrected chi connectivity index (χ3v) is 7.30. The number of morpholine rings is 1. The van der Waals surface area contributed by atoms with Crippen LogP contribution in [0.2, 0.25) is 0 Å². The minimum absolute atomic E-state index is 0.142. The molecule has 0 amide bonds. The molecular formula is C31H29F3N4O2. The highest BCUT2D eigenvalue weighted by atomic mass is 19.4. The van der Waals surface area contributed by atoms with Gasteiger partial charge in [-0.2, -0.15) is 0 Å². The van der Waals surface area contributed by atoms with E-state index in [0.29, 0.717) is 13.1 Å². The molecule has 0 saturated carbocycles. The first-order valence-electron chi connectivity index (χ1n) is 13.3.